The molecule has 0 saturated carbocycles. The summed E-state index contributed by atoms with van der Waals surface area (Å²) in [5.41, 5.74) is 2.59. The fourth-order valence-corrected chi connectivity index (χ4v) is 5.43. The van der Waals surface area contributed by atoms with Crippen molar-refractivity contribution in [2.45, 2.75) is 13.5 Å². The fraction of sp³-hybridized carbons (Fsp3) is 0.161. The van der Waals surface area contributed by atoms with E-state index < -0.39 is 5.97 Å². The molecule has 40 heavy (non-hydrogen) atoms. The zero-order valence-electron chi connectivity index (χ0n) is 22.0. The number of hydrogen-bond acceptors (Lipinski definition) is 7. The highest BCUT2D eigenvalue weighted by Gasteiger charge is 2.33. The molecule has 204 valence electrons. The Morgan fingerprint density at radius 2 is 1.77 bits per heavy atom. The number of fused-ring (bicyclic) bond motifs is 1. The van der Waals surface area contributed by atoms with Gasteiger partial charge in [0, 0.05) is 27.7 Å². The Morgan fingerprint density at radius 3 is 2.50 bits per heavy atom. The number of aliphatic imine (C=N–C) groups is 1. The van der Waals surface area contributed by atoms with Crippen molar-refractivity contribution in [1.82, 2.24) is 4.57 Å². The summed E-state index contributed by atoms with van der Waals surface area (Å²) in [4.78, 5) is 18.0. The average Bonchev–Trinajstić information content (AvgIpc) is 3.47. The molecule has 2 heterocycles. The molecular weight excluding hydrogens is 548 g/mol. The second-order valence-corrected chi connectivity index (χ2v) is 10.2. The maximum Gasteiger partial charge on any atom is 0.344 e. The minimum atomic E-state index is -0.620. The third-order valence-corrected chi connectivity index (χ3v) is 7.47. The minimum absolute atomic E-state index is 0.0500. The third-order valence-electron chi connectivity index (χ3n) is 6.19. The number of para-hydroxylation sites is 1. The van der Waals surface area contributed by atoms with Crippen LogP contribution in [0.1, 0.15) is 12.5 Å². The van der Waals surface area contributed by atoms with E-state index in [4.69, 9.17) is 25.8 Å². The normalized spacial score (nSPS) is 15.3. The van der Waals surface area contributed by atoms with Crippen LogP contribution >= 0.6 is 23.4 Å². The number of carbonyl (C=O) groups is 1. The minimum Gasteiger partial charge on any atom is -0.506 e. The number of ether oxygens (including phenoxy) is 3. The van der Waals surface area contributed by atoms with Crippen molar-refractivity contribution in [3.63, 3.8) is 0 Å². The molecule has 4 aromatic rings. The Bertz CT molecular complexity index is 1620. The molecule has 0 saturated heterocycles. The zero-order valence-corrected chi connectivity index (χ0v) is 23.5. The molecule has 3 aromatic carbocycles. The summed E-state index contributed by atoms with van der Waals surface area (Å²) in [6.45, 7) is 2.97. The van der Waals surface area contributed by atoms with Crippen molar-refractivity contribution in [1.29, 1.82) is 0 Å². The SMILES string of the molecule is CCOC(=O)C1=C(O)/C(=C/c2cn(CCOc3ccc(Cl)cc3)c3ccccc23)SC1=Nc1ccc(OC)cc1. The van der Waals surface area contributed by atoms with Gasteiger partial charge in [0.05, 0.1) is 30.9 Å². The summed E-state index contributed by atoms with van der Waals surface area (Å²) in [6.07, 6.45) is 3.88. The lowest BCUT2D eigenvalue weighted by atomic mass is 10.1. The fourth-order valence-electron chi connectivity index (χ4n) is 4.27. The molecule has 5 rings (SSSR count). The van der Waals surface area contributed by atoms with Crippen LogP contribution in [-0.2, 0) is 16.1 Å². The van der Waals surface area contributed by atoms with E-state index in [0.717, 1.165) is 22.2 Å². The van der Waals surface area contributed by atoms with Crippen molar-refractivity contribution in [2.24, 2.45) is 4.99 Å². The molecule has 9 heteroatoms. The second-order valence-electron chi connectivity index (χ2n) is 8.77. The molecule has 0 spiro atoms. The van der Waals surface area contributed by atoms with Crippen molar-refractivity contribution in [2.75, 3.05) is 20.3 Å². The quantitative estimate of drug-likeness (QED) is 0.208. The highest BCUT2D eigenvalue weighted by atomic mass is 35.5. The maximum absolute atomic E-state index is 12.8. The third kappa shape index (κ3) is 6.03. The first-order valence-corrected chi connectivity index (χ1v) is 13.9. The maximum atomic E-state index is 12.8. The van der Waals surface area contributed by atoms with Gasteiger partial charge in [-0.2, -0.15) is 0 Å². The molecular formula is C31H27ClN2O5S. The topological polar surface area (TPSA) is 82.3 Å². The average molecular weight is 575 g/mol. The number of rotatable bonds is 9. The van der Waals surface area contributed by atoms with E-state index in [2.05, 4.69) is 9.56 Å². The molecule has 0 radical (unpaired) electrons. The highest BCUT2D eigenvalue weighted by molar-refractivity contribution is 8.18. The highest BCUT2D eigenvalue weighted by Crippen LogP contribution is 2.41. The Balaban J connectivity index is 1.45. The predicted molar refractivity (Wildman–Crippen MR) is 161 cm³/mol. The van der Waals surface area contributed by atoms with Crippen LogP contribution in [0.2, 0.25) is 5.02 Å². The van der Waals surface area contributed by atoms with Crippen molar-refractivity contribution < 1.29 is 24.1 Å². The standard InChI is InChI=1S/C31H27ClN2O5S/c1-3-38-31(36)28-29(35)27(40-30(28)33-22-10-14-23(37-2)15-11-22)18-20-19-34(26-7-5-4-6-25(20)26)16-17-39-24-12-8-21(32)9-13-24/h4-15,18-19,35H,3,16-17H2,1-2H3/b27-18-,33-30?. The van der Waals surface area contributed by atoms with Crippen LogP contribution in [0, 0.1) is 0 Å². The number of nitrogens with zero attached hydrogens (tertiary/aromatic N) is 2. The lowest BCUT2D eigenvalue weighted by molar-refractivity contribution is -0.138. The zero-order chi connectivity index (χ0) is 28.1. The molecule has 0 bridgehead atoms. The molecule has 0 atom stereocenters. The van der Waals surface area contributed by atoms with Crippen LogP contribution < -0.4 is 9.47 Å². The van der Waals surface area contributed by atoms with E-state index in [9.17, 15) is 9.90 Å². The van der Waals surface area contributed by atoms with Gasteiger partial charge in [-0.15, -0.1) is 0 Å². The molecule has 0 amide bonds. The van der Waals surface area contributed by atoms with Crippen LogP contribution in [0.3, 0.4) is 0 Å². The second kappa shape index (κ2) is 12.4. The number of aliphatic hydroxyl groups is 1. The molecule has 0 fully saturated rings. The van der Waals surface area contributed by atoms with Crippen LogP contribution in [0.25, 0.3) is 17.0 Å². The molecule has 1 aliphatic heterocycles. The Morgan fingerprint density at radius 1 is 1.05 bits per heavy atom. The molecule has 1 aromatic heterocycles. The molecule has 1 N–H and O–H groups in total. The lowest BCUT2D eigenvalue weighted by Crippen LogP contribution is -2.12. The number of esters is 1. The number of aromatic nitrogens is 1. The van der Waals surface area contributed by atoms with Gasteiger partial charge < -0.3 is 23.9 Å². The van der Waals surface area contributed by atoms with Crippen molar-refractivity contribution in [3.8, 4) is 11.5 Å². The number of methoxy groups -OCH3 is 1. The van der Waals surface area contributed by atoms with Gasteiger partial charge in [0.25, 0.3) is 0 Å². The number of thioether (sulfide) groups is 1. The Hall–Kier alpha value is -4.14. The number of benzene rings is 3. The largest absolute Gasteiger partial charge is 0.506 e. The summed E-state index contributed by atoms with van der Waals surface area (Å²) in [5.74, 6) is 0.668. The monoisotopic (exact) mass is 574 g/mol. The van der Waals surface area contributed by atoms with Crippen LogP contribution in [0.5, 0.6) is 11.5 Å². The smallest absolute Gasteiger partial charge is 0.344 e. The van der Waals surface area contributed by atoms with Crippen LogP contribution in [-0.4, -0.2) is 41.0 Å². The van der Waals surface area contributed by atoms with E-state index in [1.807, 2.05) is 48.7 Å². The van der Waals surface area contributed by atoms with Crippen molar-refractivity contribution in [3.05, 3.63) is 106 Å². The van der Waals surface area contributed by atoms with E-state index in [0.29, 0.717) is 39.6 Å². The van der Waals surface area contributed by atoms with E-state index in [-0.39, 0.29) is 17.9 Å². The molecule has 0 unspecified atom stereocenters. The predicted octanol–water partition coefficient (Wildman–Crippen LogP) is 7.58. The Kier molecular flexibility index (Phi) is 8.48. The van der Waals surface area contributed by atoms with Gasteiger partial charge in [0.1, 0.15) is 34.5 Å². The van der Waals surface area contributed by atoms with Gasteiger partial charge in [-0.3, -0.25) is 0 Å². The summed E-state index contributed by atoms with van der Waals surface area (Å²) in [5, 5.41) is 13.2. The number of aliphatic hydroxyl groups excluding tert-OH is 1. The number of halogens is 1. The summed E-state index contributed by atoms with van der Waals surface area (Å²) in [6, 6.07) is 22.4. The number of hydrogen-bond donors (Lipinski definition) is 1. The number of carbonyl (C=O) groups excluding carboxylic acids is 1. The van der Waals surface area contributed by atoms with E-state index >= 15 is 0 Å². The lowest BCUT2D eigenvalue weighted by Gasteiger charge is -2.08. The first-order valence-electron chi connectivity index (χ1n) is 12.7. The summed E-state index contributed by atoms with van der Waals surface area (Å²) >= 11 is 7.19. The van der Waals surface area contributed by atoms with Gasteiger partial charge in [-0.25, -0.2) is 9.79 Å². The molecule has 7 nitrogen and oxygen atoms in total. The van der Waals surface area contributed by atoms with Gasteiger partial charge in [0.2, 0.25) is 0 Å². The van der Waals surface area contributed by atoms with Gasteiger partial charge in [-0.1, -0.05) is 41.6 Å². The first-order chi connectivity index (χ1) is 19.5. The first kappa shape index (κ1) is 27.4. The summed E-state index contributed by atoms with van der Waals surface area (Å²) in [7, 11) is 1.59. The van der Waals surface area contributed by atoms with Crippen LogP contribution in [0.4, 0.5) is 5.69 Å². The van der Waals surface area contributed by atoms with Gasteiger partial charge in [-0.05, 0) is 67.6 Å². The van der Waals surface area contributed by atoms with Gasteiger partial charge in [0.15, 0.2) is 0 Å². The van der Waals surface area contributed by atoms with Crippen molar-refractivity contribution >= 4 is 57.0 Å². The van der Waals surface area contributed by atoms with Crippen LogP contribution in [0.15, 0.2) is 100 Å². The van der Waals surface area contributed by atoms with Gasteiger partial charge >= 0.3 is 5.97 Å². The van der Waals surface area contributed by atoms with E-state index in [1.165, 1.54) is 11.8 Å². The molecule has 0 aliphatic carbocycles. The summed E-state index contributed by atoms with van der Waals surface area (Å²) < 4.78 is 18.5. The van der Waals surface area contributed by atoms with E-state index in [1.54, 1.807) is 50.4 Å². The molecule has 1 aliphatic rings. The Labute approximate surface area is 241 Å².